The molecule has 0 aliphatic carbocycles. The van der Waals surface area contributed by atoms with Gasteiger partial charge < -0.3 is 24.3 Å². The minimum atomic E-state index is -0.188. The second kappa shape index (κ2) is 7.61. The first-order valence-electron chi connectivity index (χ1n) is 9.24. The summed E-state index contributed by atoms with van der Waals surface area (Å²) in [7, 11) is 0. The van der Waals surface area contributed by atoms with Crippen molar-refractivity contribution in [2.45, 2.75) is 12.8 Å². The number of anilines is 1. The third kappa shape index (κ3) is 3.77. The van der Waals surface area contributed by atoms with E-state index in [0.717, 1.165) is 22.2 Å². The second-order valence-corrected chi connectivity index (χ2v) is 8.10. The van der Waals surface area contributed by atoms with Crippen LogP contribution >= 0.6 is 22.9 Å². The normalized spacial score (nSPS) is 15.1. The summed E-state index contributed by atoms with van der Waals surface area (Å²) in [6, 6.07) is 7.25. The standard InChI is InChI=1S/C20H17ClN2O5S/c21-12-6-11(7-16-19(12)28-3-1-2-25-16)8-18(24)23-20-22-13-9-14-15(10-17(13)29-20)27-5-4-26-14/h6-7,9-10H,1-5,8H2,(H,22,23,24). The van der Waals surface area contributed by atoms with Crippen molar-refractivity contribution in [1.29, 1.82) is 0 Å². The fraction of sp³-hybridized carbons (Fsp3) is 0.300. The molecule has 2 aromatic carbocycles. The molecule has 0 radical (unpaired) electrons. The third-order valence-corrected chi connectivity index (χ3v) is 5.74. The van der Waals surface area contributed by atoms with Crippen LogP contribution in [-0.2, 0) is 11.2 Å². The number of carbonyl (C=O) groups is 1. The maximum Gasteiger partial charge on any atom is 0.230 e. The fourth-order valence-corrected chi connectivity index (χ4v) is 4.43. The van der Waals surface area contributed by atoms with Crippen molar-refractivity contribution in [3.63, 3.8) is 0 Å². The smallest absolute Gasteiger partial charge is 0.230 e. The van der Waals surface area contributed by atoms with Crippen LogP contribution in [-0.4, -0.2) is 37.3 Å². The summed E-state index contributed by atoms with van der Waals surface area (Å²) in [6.07, 6.45) is 0.937. The molecule has 0 saturated heterocycles. The van der Waals surface area contributed by atoms with Crippen molar-refractivity contribution < 1.29 is 23.7 Å². The molecule has 7 nitrogen and oxygen atoms in total. The first kappa shape index (κ1) is 18.3. The summed E-state index contributed by atoms with van der Waals surface area (Å²) in [5.74, 6) is 2.30. The molecule has 3 aromatic rings. The van der Waals surface area contributed by atoms with Crippen molar-refractivity contribution in [3.8, 4) is 23.0 Å². The minimum absolute atomic E-state index is 0.148. The maximum absolute atomic E-state index is 12.6. The molecule has 1 aromatic heterocycles. The average molecular weight is 433 g/mol. The lowest BCUT2D eigenvalue weighted by Crippen LogP contribution is -2.15. The highest BCUT2D eigenvalue weighted by Crippen LogP contribution is 2.39. The van der Waals surface area contributed by atoms with Crippen LogP contribution in [0, 0.1) is 0 Å². The van der Waals surface area contributed by atoms with E-state index in [0.29, 0.717) is 59.6 Å². The molecule has 0 unspecified atom stereocenters. The number of fused-ring (bicyclic) bond motifs is 3. The van der Waals surface area contributed by atoms with Crippen molar-refractivity contribution in [2.75, 3.05) is 31.7 Å². The zero-order valence-electron chi connectivity index (χ0n) is 15.3. The van der Waals surface area contributed by atoms with Gasteiger partial charge in [0.1, 0.15) is 13.2 Å². The Labute approximate surface area is 175 Å². The number of aromatic nitrogens is 1. The summed E-state index contributed by atoms with van der Waals surface area (Å²) >= 11 is 7.70. The molecule has 5 rings (SSSR count). The van der Waals surface area contributed by atoms with Gasteiger partial charge >= 0.3 is 0 Å². The van der Waals surface area contributed by atoms with Crippen molar-refractivity contribution in [1.82, 2.24) is 4.98 Å². The van der Waals surface area contributed by atoms with Crippen LogP contribution in [0.3, 0.4) is 0 Å². The fourth-order valence-electron chi connectivity index (χ4n) is 3.25. The van der Waals surface area contributed by atoms with E-state index in [2.05, 4.69) is 10.3 Å². The number of halogens is 1. The number of rotatable bonds is 3. The molecule has 0 saturated carbocycles. The lowest BCUT2D eigenvalue weighted by Gasteiger charge is -2.17. The highest BCUT2D eigenvalue weighted by Gasteiger charge is 2.18. The van der Waals surface area contributed by atoms with Crippen LogP contribution in [0.1, 0.15) is 12.0 Å². The lowest BCUT2D eigenvalue weighted by molar-refractivity contribution is -0.115. The molecular formula is C20H17ClN2O5S. The predicted molar refractivity (Wildman–Crippen MR) is 110 cm³/mol. The molecule has 29 heavy (non-hydrogen) atoms. The number of hydrogen-bond donors (Lipinski definition) is 1. The molecule has 1 amide bonds. The topological polar surface area (TPSA) is 78.9 Å². The van der Waals surface area contributed by atoms with Crippen molar-refractivity contribution in [2.24, 2.45) is 0 Å². The van der Waals surface area contributed by atoms with E-state index >= 15 is 0 Å². The van der Waals surface area contributed by atoms with Crippen LogP contribution < -0.4 is 24.3 Å². The Bertz CT molecular complexity index is 1060. The number of nitrogens with one attached hydrogen (secondary N) is 1. The number of ether oxygens (including phenoxy) is 4. The Morgan fingerprint density at radius 2 is 1.76 bits per heavy atom. The zero-order chi connectivity index (χ0) is 19.8. The monoisotopic (exact) mass is 432 g/mol. The number of amides is 1. The Hall–Kier alpha value is -2.71. The minimum Gasteiger partial charge on any atom is -0.489 e. The predicted octanol–water partition coefficient (Wildman–Crippen LogP) is 4.06. The second-order valence-electron chi connectivity index (χ2n) is 6.66. The van der Waals surface area contributed by atoms with E-state index in [1.165, 1.54) is 11.3 Å². The highest BCUT2D eigenvalue weighted by atomic mass is 35.5. The Balaban J connectivity index is 1.33. The highest BCUT2D eigenvalue weighted by molar-refractivity contribution is 7.22. The molecular weight excluding hydrogens is 416 g/mol. The Morgan fingerprint density at radius 1 is 1.00 bits per heavy atom. The van der Waals surface area contributed by atoms with Crippen LogP contribution in [0.15, 0.2) is 24.3 Å². The largest absolute Gasteiger partial charge is 0.489 e. The first-order chi connectivity index (χ1) is 14.2. The van der Waals surface area contributed by atoms with Crippen LogP contribution in [0.4, 0.5) is 5.13 Å². The van der Waals surface area contributed by atoms with Gasteiger partial charge in [-0.25, -0.2) is 4.98 Å². The molecule has 1 N–H and O–H groups in total. The van der Waals surface area contributed by atoms with Gasteiger partial charge in [-0.1, -0.05) is 22.9 Å². The Morgan fingerprint density at radius 3 is 2.62 bits per heavy atom. The number of carbonyl (C=O) groups excluding carboxylic acids is 1. The molecule has 150 valence electrons. The van der Waals surface area contributed by atoms with Crippen LogP contribution in [0.5, 0.6) is 23.0 Å². The third-order valence-electron chi connectivity index (χ3n) is 4.53. The SMILES string of the molecule is O=C(Cc1cc(Cl)c2c(c1)OCCCO2)Nc1nc2cc3c(cc2s1)OCCO3. The summed E-state index contributed by atoms with van der Waals surface area (Å²) in [5, 5.41) is 3.82. The van der Waals surface area contributed by atoms with Gasteiger partial charge in [0.2, 0.25) is 5.91 Å². The molecule has 0 bridgehead atoms. The quantitative estimate of drug-likeness (QED) is 0.672. The van der Waals surface area contributed by atoms with Gasteiger partial charge in [0.15, 0.2) is 28.1 Å². The van der Waals surface area contributed by atoms with E-state index < -0.39 is 0 Å². The molecule has 2 aliphatic rings. The van der Waals surface area contributed by atoms with Gasteiger partial charge in [-0.15, -0.1) is 0 Å². The van der Waals surface area contributed by atoms with E-state index in [-0.39, 0.29) is 12.3 Å². The van der Waals surface area contributed by atoms with E-state index in [1.54, 1.807) is 12.1 Å². The molecule has 0 spiro atoms. The molecule has 9 heteroatoms. The summed E-state index contributed by atoms with van der Waals surface area (Å²) in [5.41, 5.74) is 1.50. The number of benzene rings is 2. The van der Waals surface area contributed by atoms with Gasteiger partial charge in [-0.05, 0) is 17.7 Å². The number of nitrogens with zero attached hydrogens (tertiary/aromatic N) is 1. The molecule has 2 aliphatic heterocycles. The lowest BCUT2D eigenvalue weighted by atomic mass is 10.1. The molecule has 3 heterocycles. The summed E-state index contributed by atoms with van der Waals surface area (Å²) < 4.78 is 23.4. The van der Waals surface area contributed by atoms with Gasteiger partial charge in [0.25, 0.3) is 0 Å². The van der Waals surface area contributed by atoms with Gasteiger partial charge in [0.05, 0.1) is 34.9 Å². The summed E-state index contributed by atoms with van der Waals surface area (Å²) in [6.45, 7) is 2.16. The average Bonchev–Trinajstić information content (AvgIpc) is 2.91. The Kier molecular flexibility index (Phi) is 4.81. The molecule has 0 atom stereocenters. The van der Waals surface area contributed by atoms with Crippen molar-refractivity contribution in [3.05, 3.63) is 34.9 Å². The first-order valence-corrected chi connectivity index (χ1v) is 10.4. The zero-order valence-corrected chi connectivity index (χ0v) is 16.9. The maximum atomic E-state index is 12.6. The van der Waals surface area contributed by atoms with Crippen LogP contribution in [0.2, 0.25) is 5.02 Å². The summed E-state index contributed by atoms with van der Waals surface area (Å²) in [4.78, 5) is 17.0. The van der Waals surface area contributed by atoms with Gasteiger partial charge in [-0.2, -0.15) is 0 Å². The van der Waals surface area contributed by atoms with E-state index in [4.69, 9.17) is 30.5 Å². The van der Waals surface area contributed by atoms with Gasteiger partial charge in [0, 0.05) is 18.6 Å². The number of hydrogen-bond acceptors (Lipinski definition) is 7. The van der Waals surface area contributed by atoms with E-state index in [9.17, 15) is 4.79 Å². The van der Waals surface area contributed by atoms with E-state index in [1.807, 2.05) is 12.1 Å². The molecule has 0 fully saturated rings. The van der Waals surface area contributed by atoms with Crippen LogP contribution in [0.25, 0.3) is 10.2 Å². The van der Waals surface area contributed by atoms with Gasteiger partial charge in [-0.3, -0.25) is 4.79 Å². The number of thiazole rings is 1. The van der Waals surface area contributed by atoms with Crippen molar-refractivity contribution >= 4 is 44.2 Å².